The number of hydrogen-bond acceptors (Lipinski definition) is 4. The number of hydrogen-bond donors (Lipinski definition) is 1. The van der Waals surface area contributed by atoms with Crippen LogP contribution in [0, 0.1) is 5.82 Å². The summed E-state index contributed by atoms with van der Waals surface area (Å²) in [5.41, 5.74) is 0.0792. The average Bonchev–Trinajstić information content (AvgIpc) is 2.63. The molecule has 0 radical (unpaired) electrons. The van der Waals surface area contributed by atoms with Crippen LogP contribution in [0.2, 0.25) is 0 Å². The molecule has 138 valence electrons. The van der Waals surface area contributed by atoms with Crippen molar-refractivity contribution in [2.45, 2.75) is 6.92 Å². The summed E-state index contributed by atoms with van der Waals surface area (Å²) < 4.78 is 24.2. The fraction of sp³-hybridized carbons (Fsp3) is 0.263. The van der Waals surface area contributed by atoms with Crippen molar-refractivity contribution in [3.63, 3.8) is 0 Å². The van der Waals surface area contributed by atoms with Gasteiger partial charge >= 0.3 is 0 Å². The van der Waals surface area contributed by atoms with Gasteiger partial charge in [-0.15, -0.1) is 0 Å². The maximum atomic E-state index is 13.6. The number of rotatable bonds is 8. The molecule has 0 atom stereocenters. The Morgan fingerprint density at radius 3 is 2.35 bits per heavy atom. The van der Waals surface area contributed by atoms with Gasteiger partial charge in [0.2, 0.25) is 11.8 Å². The predicted octanol–water partition coefficient (Wildman–Crippen LogP) is 2.70. The van der Waals surface area contributed by atoms with E-state index in [1.807, 2.05) is 0 Å². The van der Waals surface area contributed by atoms with Gasteiger partial charge in [0.05, 0.1) is 25.9 Å². The average molecular weight is 360 g/mol. The maximum Gasteiger partial charge on any atom is 0.244 e. The molecule has 7 heteroatoms. The summed E-state index contributed by atoms with van der Waals surface area (Å²) in [7, 11) is 1.58. The summed E-state index contributed by atoms with van der Waals surface area (Å²) >= 11 is 0. The van der Waals surface area contributed by atoms with Crippen LogP contribution in [0.4, 0.5) is 10.1 Å². The molecule has 0 saturated carbocycles. The molecule has 0 saturated heterocycles. The molecule has 0 spiro atoms. The highest BCUT2D eigenvalue weighted by Crippen LogP contribution is 2.17. The van der Waals surface area contributed by atoms with Gasteiger partial charge in [0.25, 0.3) is 0 Å². The number of amides is 2. The van der Waals surface area contributed by atoms with E-state index in [9.17, 15) is 14.0 Å². The first-order valence-corrected chi connectivity index (χ1v) is 8.06. The van der Waals surface area contributed by atoms with Crippen LogP contribution < -0.4 is 14.8 Å². The van der Waals surface area contributed by atoms with Gasteiger partial charge in [-0.3, -0.25) is 9.59 Å². The van der Waals surface area contributed by atoms with Crippen LogP contribution in [-0.2, 0) is 9.59 Å². The fourth-order valence-corrected chi connectivity index (χ4v) is 2.22. The second-order valence-corrected chi connectivity index (χ2v) is 5.49. The largest absolute Gasteiger partial charge is 0.497 e. The lowest BCUT2D eigenvalue weighted by Crippen LogP contribution is -2.39. The minimum absolute atomic E-state index is 0.0792. The normalized spacial score (nSPS) is 10.1. The zero-order valence-electron chi connectivity index (χ0n) is 14.7. The van der Waals surface area contributed by atoms with Gasteiger partial charge in [-0.25, -0.2) is 4.39 Å². The number of ether oxygens (including phenoxy) is 2. The molecule has 0 aliphatic heterocycles. The first kappa shape index (κ1) is 19.2. The summed E-state index contributed by atoms with van der Waals surface area (Å²) in [4.78, 5) is 25.1. The van der Waals surface area contributed by atoms with E-state index in [1.54, 1.807) is 37.4 Å². The Morgan fingerprint density at radius 1 is 1.08 bits per heavy atom. The molecule has 0 aromatic heterocycles. The summed E-state index contributed by atoms with van der Waals surface area (Å²) in [6.45, 7) is 1.63. The monoisotopic (exact) mass is 360 g/mol. The van der Waals surface area contributed by atoms with Crippen molar-refractivity contribution in [3.05, 3.63) is 54.3 Å². The van der Waals surface area contributed by atoms with Crippen LogP contribution in [0.5, 0.6) is 11.5 Å². The quantitative estimate of drug-likeness (QED) is 0.786. The Balaban J connectivity index is 1.84. The molecule has 0 unspecified atom stereocenters. The molecule has 2 aromatic rings. The third-order valence-corrected chi connectivity index (χ3v) is 3.62. The van der Waals surface area contributed by atoms with Crippen molar-refractivity contribution in [1.29, 1.82) is 0 Å². The van der Waals surface area contributed by atoms with E-state index in [0.29, 0.717) is 11.5 Å². The van der Waals surface area contributed by atoms with E-state index in [-0.39, 0.29) is 31.3 Å². The Morgan fingerprint density at radius 2 is 1.73 bits per heavy atom. The lowest BCUT2D eigenvalue weighted by atomic mass is 10.3. The Bertz CT molecular complexity index is 749. The molecule has 0 heterocycles. The van der Waals surface area contributed by atoms with Crippen LogP contribution in [0.1, 0.15) is 6.92 Å². The van der Waals surface area contributed by atoms with Crippen molar-refractivity contribution in [2.75, 3.05) is 32.1 Å². The molecular weight excluding hydrogens is 339 g/mol. The van der Waals surface area contributed by atoms with Crippen LogP contribution in [0.15, 0.2) is 48.5 Å². The Hall–Kier alpha value is -3.09. The minimum Gasteiger partial charge on any atom is -0.497 e. The van der Waals surface area contributed by atoms with E-state index < -0.39 is 11.7 Å². The van der Waals surface area contributed by atoms with Gasteiger partial charge < -0.3 is 19.7 Å². The lowest BCUT2D eigenvalue weighted by molar-refractivity contribution is -0.133. The number of halogens is 1. The van der Waals surface area contributed by atoms with Crippen molar-refractivity contribution >= 4 is 17.5 Å². The molecule has 1 N–H and O–H groups in total. The molecule has 0 aliphatic rings. The van der Waals surface area contributed by atoms with Crippen LogP contribution in [0.25, 0.3) is 0 Å². The van der Waals surface area contributed by atoms with Gasteiger partial charge in [0, 0.05) is 6.92 Å². The van der Waals surface area contributed by atoms with E-state index in [2.05, 4.69) is 5.32 Å². The SMILES string of the molecule is COc1ccc(OCCN(CC(=O)Nc2ccccc2F)C(C)=O)cc1. The number of nitrogens with one attached hydrogen (secondary N) is 1. The van der Waals surface area contributed by atoms with Gasteiger partial charge in [0.1, 0.15) is 23.9 Å². The molecule has 0 bridgehead atoms. The van der Waals surface area contributed by atoms with Crippen LogP contribution in [0.3, 0.4) is 0 Å². The van der Waals surface area contributed by atoms with E-state index in [0.717, 1.165) is 0 Å². The fourth-order valence-electron chi connectivity index (χ4n) is 2.22. The van der Waals surface area contributed by atoms with Gasteiger partial charge in [-0.05, 0) is 36.4 Å². The Labute approximate surface area is 151 Å². The molecule has 2 rings (SSSR count). The number of anilines is 1. The molecule has 2 amide bonds. The summed E-state index contributed by atoms with van der Waals surface area (Å²) in [5, 5.41) is 2.45. The number of benzene rings is 2. The van der Waals surface area contributed by atoms with Crippen LogP contribution in [-0.4, -0.2) is 43.5 Å². The molecular formula is C19H21FN2O4. The van der Waals surface area contributed by atoms with E-state index in [1.165, 1.54) is 30.0 Å². The summed E-state index contributed by atoms with van der Waals surface area (Å²) in [6, 6.07) is 12.9. The van der Waals surface area contributed by atoms with Crippen LogP contribution >= 0.6 is 0 Å². The maximum absolute atomic E-state index is 13.6. The summed E-state index contributed by atoms with van der Waals surface area (Å²) in [5.74, 6) is 0.0671. The molecule has 26 heavy (non-hydrogen) atoms. The number of carbonyl (C=O) groups excluding carboxylic acids is 2. The first-order chi connectivity index (χ1) is 12.5. The lowest BCUT2D eigenvalue weighted by Gasteiger charge is -2.20. The van der Waals surface area contributed by atoms with Gasteiger partial charge in [-0.2, -0.15) is 0 Å². The minimum atomic E-state index is -0.530. The second kappa shape index (κ2) is 9.41. The molecule has 0 fully saturated rings. The van der Waals surface area contributed by atoms with Gasteiger partial charge in [-0.1, -0.05) is 12.1 Å². The topological polar surface area (TPSA) is 67.9 Å². The number of methoxy groups -OCH3 is 1. The van der Waals surface area contributed by atoms with Crippen molar-refractivity contribution in [2.24, 2.45) is 0 Å². The highest BCUT2D eigenvalue weighted by atomic mass is 19.1. The number of nitrogens with zero attached hydrogens (tertiary/aromatic N) is 1. The molecule has 0 aliphatic carbocycles. The molecule has 6 nitrogen and oxygen atoms in total. The third kappa shape index (κ3) is 5.77. The highest BCUT2D eigenvalue weighted by Gasteiger charge is 2.15. The first-order valence-electron chi connectivity index (χ1n) is 8.06. The number of carbonyl (C=O) groups is 2. The highest BCUT2D eigenvalue weighted by molar-refractivity contribution is 5.94. The molecule has 2 aromatic carbocycles. The second-order valence-electron chi connectivity index (χ2n) is 5.49. The third-order valence-electron chi connectivity index (χ3n) is 3.62. The number of para-hydroxylation sites is 1. The van der Waals surface area contributed by atoms with Crippen molar-refractivity contribution in [1.82, 2.24) is 4.90 Å². The zero-order valence-corrected chi connectivity index (χ0v) is 14.7. The standard InChI is InChI=1S/C19H21FN2O4/c1-14(23)22(11-12-26-16-9-7-15(25-2)8-10-16)13-19(24)21-18-6-4-3-5-17(18)20/h3-10H,11-13H2,1-2H3,(H,21,24). The zero-order chi connectivity index (χ0) is 18.9. The predicted molar refractivity (Wildman–Crippen MR) is 95.8 cm³/mol. The van der Waals surface area contributed by atoms with Gasteiger partial charge in [0.15, 0.2) is 0 Å². The Kier molecular flexibility index (Phi) is 6.96. The van der Waals surface area contributed by atoms with Crippen molar-refractivity contribution < 1.29 is 23.5 Å². The smallest absolute Gasteiger partial charge is 0.244 e. The summed E-state index contributed by atoms with van der Waals surface area (Å²) in [6.07, 6.45) is 0. The van der Waals surface area contributed by atoms with E-state index >= 15 is 0 Å². The van der Waals surface area contributed by atoms with E-state index in [4.69, 9.17) is 9.47 Å². The van der Waals surface area contributed by atoms with Crippen molar-refractivity contribution in [3.8, 4) is 11.5 Å².